The van der Waals surface area contributed by atoms with Crippen LogP contribution in [0.3, 0.4) is 0 Å². The van der Waals surface area contributed by atoms with Crippen molar-refractivity contribution in [2.45, 2.75) is 33.1 Å². The van der Waals surface area contributed by atoms with Crippen molar-refractivity contribution in [1.29, 1.82) is 0 Å². The van der Waals surface area contributed by atoms with Gasteiger partial charge >= 0.3 is 0 Å². The molecule has 1 N–H and O–H groups in total. The number of ether oxygens (including phenoxy) is 1. The van der Waals surface area contributed by atoms with Gasteiger partial charge in [0, 0.05) is 39.3 Å². The molecule has 2 rings (SSSR count). The first kappa shape index (κ1) is 22.2. The van der Waals surface area contributed by atoms with Crippen LogP contribution in [0.4, 0.5) is 0 Å². The Hall–Kier alpha value is -2.08. The van der Waals surface area contributed by atoms with Gasteiger partial charge in [-0.25, -0.2) is 0 Å². The number of rotatable bonds is 9. The Kier molecular flexibility index (Phi) is 8.77. The number of unbranched alkanes of at least 4 members (excludes halogenated alkanes) is 1. The van der Waals surface area contributed by atoms with Crippen LogP contribution in [-0.2, 0) is 4.79 Å². The summed E-state index contributed by atoms with van der Waals surface area (Å²) in [5.41, 5.74) is 0.550. The quantitative estimate of drug-likeness (QED) is 0.660. The van der Waals surface area contributed by atoms with E-state index in [1.807, 2.05) is 0 Å². The Morgan fingerprint density at radius 1 is 1.18 bits per heavy atom. The van der Waals surface area contributed by atoms with Crippen molar-refractivity contribution >= 4 is 11.8 Å². The maximum absolute atomic E-state index is 12.3. The number of piperidine rings is 1. The molecular formula is C22H35N3O3. The van der Waals surface area contributed by atoms with E-state index in [4.69, 9.17) is 4.74 Å². The highest BCUT2D eigenvalue weighted by Crippen LogP contribution is 2.21. The largest absolute Gasteiger partial charge is 0.484 e. The maximum atomic E-state index is 12.3. The fraction of sp³-hybridized carbons (Fsp3) is 0.636. The summed E-state index contributed by atoms with van der Waals surface area (Å²) in [6.45, 7) is 8.79. The second-order valence-electron chi connectivity index (χ2n) is 8.27. The molecule has 1 aliphatic rings. The Morgan fingerprint density at radius 2 is 1.89 bits per heavy atom. The number of nitrogens with one attached hydrogen (secondary N) is 1. The molecule has 156 valence electrons. The summed E-state index contributed by atoms with van der Waals surface area (Å²) in [5, 5.41) is 2.98. The second kappa shape index (κ2) is 11.1. The molecule has 1 aromatic rings. The topological polar surface area (TPSA) is 61.9 Å². The molecule has 0 aromatic heterocycles. The van der Waals surface area contributed by atoms with Crippen LogP contribution < -0.4 is 10.1 Å². The molecule has 6 heteroatoms. The van der Waals surface area contributed by atoms with Gasteiger partial charge in [-0.1, -0.05) is 19.9 Å². The fourth-order valence-electron chi connectivity index (χ4n) is 3.74. The number of nitrogens with zero attached hydrogens (tertiary/aromatic N) is 2. The van der Waals surface area contributed by atoms with E-state index in [1.165, 1.54) is 24.4 Å². The first-order valence-electron chi connectivity index (χ1n) is 10.3. The smallest absolute Gasteiger partial charge is 0.259 e. The number of hydrogen-bond acceptors (Lipinski definition) is 4. The van der Waals surface area contributed by atoms with Gasteiger partial charge in [0.1, 0.15) is 5.75 Å². The number of carbonyl (C=O) groups excluding carboxylic acids is 2. The molecule has 1 aliphatic heterocycles. The maximum Gasteiger partial charge on any atom is 0.259 e. The minimum absolute atomic E-state index is 0.0359. The zero-order valence-corrected chi connectivity index (χ0v) is 17.7. The zero-order chi connectivity index (χ0) is 20.5. The standard InChI is InChI=1S/C22H35N3O3/c1-17-12-18(2)15-25(14-17)11-6-5-10-23-22(27)19-8-7-9-20(13-19)28-16-21(26)24(3)4/h7-9,13,17-18H,5-6,10-12,14-16H2,1-4H3,(H,23,27). The average Bonchev–Trinajstić information content (AvgIpc) is 2.65. The number of amides is 2. The molecular weight excluding hydrogens is 354 g/mol. The minimum Gasteiger partial charge on any atom is -0.484 e. The molecule has 0 spiro atoms. The van der Waals surface area contributed by atoms with Crippen LogP contribution in [0.15, 0.2) is 24.3 Å². The van der Waals surface area contributed by atoms with Crippen LogP contribution in [0.2, 0.25) is 0 Å². The fourth-order valence-corrected chi connectivity index (χ4v) is 3.74. The van der Waals surface area contributed by atoms with E-state index >= 15 is 0 Å². The first-order chi connectivity index (χ1) is 13.3. The van der Waals surface area contributed by atoms with E-state index in [0.717, 1.165) is 31.2 Å². The van der Waals surface area contributed by atoms with E-state index in [9.17, 15) is 9.59 Å². The van der Waals surface area contributed by atoms with E-state index in [-0.39, 0.29) is 18.4 Å². The molecule has 1 heterocycles. The van der Waals surface area contributed by atoms with Gasteiger partial charge in [0.2, 0.25) is 0 Å². The summed E-state index contributed by atoms with van der Waals surface area (Å²) < 4.78 is 5.47. The third-order valence-electron chi connectivity index (χ3n) is 5.09. The van der Waals surface area contributed by atoms with Crippen molar-refractivity contribution in [1.82, 2.24) is 15.1 Å². The highest BCUT2D eigenvalue weighted by atomic mass is 16.5. The summed E-state index contributed by atoms with van der Waals surface area (Å²) in [7, 11) is 3.37. The summed E-state index contributed by atoms with van der Waals surface area (Å²) in [5.74, 6) is 1.87. The molecule has 1 fully saturated rings. The molecule has 2 unspecified atom stereocenters. The van der Waals surface area contributed by atoms with Crippen molar-refractivity contribution in [3.05, 3.63) is 29.8 Å². The van der Waals surface area contributed by atoms with Gasteiger partial charge in [-0.3, -0.25) is 9.59 Å². The van der Waals surface area contributed by atoms with Gasteiger partial charge in [-0.15, -0.1) is 0 Å². The van der Waals surface area contributed by atoms with Gasteiger partial charge in [0.15, 0.2) is 6.61 Å². The van der Waals surface area contributed by atoms with E-state index in [0.29, 0.717) is 17.9 Å². The number of benzene rings is 1. The third kappa shape index (κ3) is 7.50. The highest BCUT2D eigenvalue weighted by molar-refractivity contribution is 5.94. The Bertz CT molecular complexity index is 638. The third-order valence-corrected chi connectivity index (χ3v) is 5.09. The molecule has 1 saturated heterocycles. The molecule has 2 atom stereocenters. The number of carbonyl (C=O) groups is 2. The normalized spacial score (nSPS) is 19.9. The molecule has 6 nitrogen and oxygen atoms in total. The number of likely N-dealkylation sites (tertiary alicyclic amines) is 1. The lowest BCUT2D eigenvalue weighted by molar-refractivity contribution is -0.130. The van der Waals surface area contributed by atoms with Crippen molar-refractivity contribution in [2.24, 2.45) is 11.8 Å². The van der Waals surface area contributed by atoms with E-state index in [2.05, 4.69) is 24.1 Å². The van der Waals surface area contributed by atoms with Gasteiger partial charge < -0.3 is 19.9 Å². The van der Waals surface area contributed by atoms with Crippen LogP contribution in [0, 0.1) is 11.8 Å². The summed E-state index contributed by atoms with van der Waals surface area (Å²) in [6.07, 6.45) is 3.40. The molecule has 0 saturated carbocycles. The van der Waals surface area contributed by atoms with E-state index in [1.54, 1.807) is 38.4 Å². The lowest BCUT2D eigenvalue weighted by Gasteiger charge is -2.34. The van der Waals surface area contributed by atoms with Crippen LogP contribution in [0.1, 0.15) is 43.5 Å². The predicted molar refractivity (Wildman–Crippen MR) is 112 cm³/mol. The Balaban J connectivity index is 1.68. The lowest BCUT2D eigenvalue weighted by Crippen LogP contribution is -2.39. The summed E-state index contributed by atoms with van der Waals surface area (Å²) >= 11 is 0. The molecule has 0 radical (unpaired) electrons. The van der Waals surface area contributed by atoms with Gasteiger partial charge in [-0.05, 0) is 55.8 Å². The molecule has 1 aromatic carbocycles. The lowest BCUT2D eigenvalue weighted by atomic mass is 9.92. The Morgan fingerprint density at radius 3 is 2.57 bits per heavy atom. The second-order valence-corrected chi connectivity index (χ2v) is 8.27. The number of likely N-dealkylation sites (N-methyl/N-ethyl adjacent to an activating group) is 1. The van der Waals surface area contributed by atoms with Crippen molar-refractivity contribution < 1.29 is 14.3 Å². The van der Waals surface area contributed by atoms with Crippen molar-refractivity contribution in [3.63, 3.8) is 0 Å². The summed E-state index contributed by atoms with van der Waals surface area (Å²) in [6, 6.07) is 6.95. The van der Waals surface area contributed by atoms with Crippen molar-refractivity contribution in [3.8, 4) is 5.75 Å². The van der Waals surface area contributed by atoms with Crippen LogP contribution in [0.5, 0.6) is 5.75 Å². The van der Waals surface area contributed by atoms with E-state index < -0.39 is 0 Å². The van der Waals surface area contributed by atoms with Gasteiger partial charge in [0.25, 0.3) is 11.8 Å². The molecule has 0 bridgehead atoms. The van der Waals surface area contributed by atoms with Crippen molar-refractivity contribution in [2.75, 3.05) is 46.9 Å². The zero-order valence-electron chi connectivity index (χ0n) is 17.7. The first-order valence-corrected chi connectivity index (χ1v) is 10.3. The number of hydrogen-bond donors (Lipinski definition) is 1. The SMILES string of the molecule is CC1CC(C)CN(CCCCNC(=O)c2cccc(OCC(=O)N(C)C)c2)C1. The van der Waals surface area contributed by atoms with Crippen LogP contribution in [-0.4, -0.2) is 68.5 Å². The summed E-state index contributed by atoms with van der Waals surface area (Å²) in [4.78, 5) is 28.0. The predicted octanol–water partition coefficient (Wildman–Crippen LogP) is 2.64. The minimum atomic E-state index is -0.118. The molecule has 2 amide bonds. The molecule has 28 heavy (non-hydrogen) atoms. The van der Waals surface area contributed by atoms with Crippen LogP contribution >= 0.6 is 0 Å². The molecule has 0 aliphatic carbocycles. The highest BCUT2D eigenvalue weighted by Gasteiger charge is 2.20. The van der Waals surface area contributed by atoms with Gasteiger partial charge in [-0.2, -0.15) is 0 Å². The monoisotopic (exact) mass is 389 g/mol. The average molecular weight is 390 g/mol. The van der Waals surface area contributed by atoms with Crippen LogP contribution in [0.25, 0.3) is 0 Å². The van der Waals surface area contributed by atoms with Gasteiger partial charge in [0.05, 0.1) is 0 Å². The Labute approximate surface area is 169 Å².